The van der Waals surface area contributed by atoms with E-state index < -0.39 is 0 Å². The molecule has 0 aliphatic rings. The van der Waals surface area contributed by atoms with Crippen LogP contribution in [-0.4, -0.2) is 24.4 Å². The van der Waals surface area contributed by atoms with Gasteiger partial charge in [-0.1, -0.05) is 33.1 Å². The van der Waals surface area contributed by atoms with Crippen LogP contribution in [0.3, 0.4) is 0 Å². The second-order valence-electron chi connectivity index (χ2n) is 3.23. The summed E-state index contributed by atoms with van der Waals surface area (Å²) in [7, 11) is 1.89. The Hall–Kier alpha value is -0.530. The maximum Gasteiger partial charge on any atom is 0.222 e. The number of rotatable bonds is 6. The third kappa shape index (κ3) is 5.16. The van der Waals surface area contributed by atoms with Crippen molar-refractivity contribution in [1.82, 2.24) is 4.90 Å². The summed E-state index contributed by atoms with van der Waals surface area (Å²) < 4.78 is 0. The molecule has 0 aromatic heterocycles. The Balaban J connectivity index is 3.31. The van der Waals surface area contributed by atoms with Crippen molar-refractivity contribution in [2.45, 2.75) is 46.0 Å². The molecule has 1 amide bonds. The molecule has 0 aromatic rings. The Labute approximate surface area is 75.9 Å². The SMILES string of the molecule is CCCCCCN(C)C(=O)CC. The van der Waals surface area contributed by atoms with Gasteiger partial charge in [0.15, 0.2) is 0 Å². The van der Waals surface area contributed by atoms with Crippen molar-refractivity contribution in [2.24, 2.45) is 0 Å². The van der Waals surface area contributed by atoms with Gasteiger partial charge in [0.05, 0.1) is 0 Å². The molecule has 12 heavy (non-hydrogen) atoms. The summed E-state index contributed by atoms with van der Waals surface area (Å²) in [5.74, 6) is 0.256. The molecule has 2 nitrogen and oxygen atoms in total. The van der Waals surface area contributed by atoms with E-state index in [-0.39, 0.29) is 5.91 Å². The number of carbonyl (C=O) groups is 1. The first-order valence-electron chi connectivity index (χ1n) is 4.96. The zero-order valence-electron chi connectivity index (χ0n) is 8.60. The highest BCUT2D eigenvalue weighted by molar-refractivity contribution is 5.75. The Morgan fingerprint density at radius 3 is 2.33 bits per heavy atom. The van der Waals surface area contributed by atoms with E-state index in [0.717, 1.165) is 13.0 Å². The molecule has 0 bridgehead atoms. The molecule has 0 rings (SSSR count). The monoisotopic (exact) mass is 171 g/mol. The third-order valence-electron chi connectivity index (χ3n) is 2.08. The van der Waals surface area contributed by atoms with Crippen LogP contribution in [0.2, 0.25) is 0 Å². The second-order valence-corrected chi connectivity index (χ2v) is 3.23. The standard InChI is InChI=1S/C10H21NO/c1-4-6-7-8-9-11(3)10(12)5-2/h4-9H2,1-3H3. The fourth-order valence-electron chi connectivity index (χ4n) is 1.17. The van der Waals surface area contributed by atoms with Gasteiger partial charge in [-0.25, -0.2) is 0 Å². The minimum Gasteiger partial charge on any atom is -0.346 e. The quantitative estimate of drug-likeness (QED) is 0.562. The van der Waals surface area contributed by atoms with Gasteiger partial charge in [-0.05, 0) is 6.42 Å². The summed E-state index contributed by atoms with van der Waals surface area (Å²) >= 11 is 0. The first-order valence-corrected chi connectivity index (χ1v) is 4.96. The Morgan fingerprint density at radius 2 is 1.83 bits per heavy atom. The van der Waals surface area contributed by atoms with Gasteiger partial charge in [0, 0.05) is 20.0 Å². The minimum atomic E-state index is 0.256. The molecule has 0 N–H and O–H groups in total. The molecule has 0 aliphatic carbocycles. The fourth-order valence-corrected chi connectivity index (χ4v) is 1.17. The van der Waals surface area contributed by atoms with Crippen LogP contribution in [0, 0.1) is 0 Å². The Kier molecular flexibility index (Phi) is 6.82. The van der Waals surface area contributed by atoms with Crippen molar-refractivity contribution in [3.63, 3.8) is 0 Å². The topological polar surface area (TPSA) is 20.3 Å². The molecular weight excluding hydrogens is 150 g/mol. The molecule has 0 saturated heterocycles. The van der Waals surface area contributed by atoms with Gasteiger partial charge in [-0.3, -0.25) is 4.79 Å². The Bertz CT molecular complexity index is 123. The summed E-state index contributed by atoms with van der Waals surface area (Å²) in [6.07, 6.45) is 5.57. The van der Waals surface area contributed by atoms with Crippen LogP contribution in [0.15, 0.2) is 0 Å². The van der Waals surface area contributed by atoms with Crippen LogP contribution in [0.5, 0.6) is 0 Å². The van der Waals surface area contributed by atoms with Crippen LogP contribution < -0.4 is 0 Å². The average Bonchev–Trinajstić information content (AvgIpc) is 2.10. The van der Waals surface area contributed by atoms with Crippen LogP contribution in [-0.2, 0) is 4.79 Å². The molecule has 0 spiro atoms. The molecular formula is C10H21NO. The van der Waals surface area contributed by atoms with Gasteiger partial charge in [-0.15, -0.1) is 0 Å². The second kappa shape index (κ2) is 7.14. The van der Waals surface area contributed by atoms with Gasteiger partial charge in [0.25, 0.3) is 0 Å². The van der Waals surface area contributed by atoms with E-state index in [1.165, 1.54) is 19.3 Å². The molecule has 0 fully saturated rings. The van der Waals surface area contributed by atoms with Crippen molar-refractivity contribution in [2.75, 3.05) is 13.6 Å². The van der Waals surface area contributed by atoms with Crippen molar-refractivity contribution in [1.29, 1.82) is 0 Å². The molecule has 0 aliphatic heterocycles. The number of hydrogen-bond acceptors (Lipinski definition) is 1. The lowest BCUT2D eigenvalue weighted by Crippen LogP contribution is -2.26. The zero-order chi connectivity index (χ0) is 9.40. The highest BCUT2D eigenvalue weighted by Gasteiger charge is 2.03. The lowest BCUT2D eigenvalue weighted by molar-refractivity contribution is -0.129. The maximum absolute atomic E-state index is 11.1. The summed E-state index contributed by atoms with van der Waals surface area (Å²) in [5, 5.41) is 0. The number of unbranched alkanes of at least 4 members (excludes halogenated alkanes) is 3. The zero-order valence-corrected chi connectivity index (χ0v) is 8.60. The van der Waals surface area contributed by atoms with Gasteiger partial charge in [0.2, 0.25) is 5.91 Å². The fraction of sp³-hybridized carbons (Fsp3) is 0.900. The molecule has 0 heterocycles. The predicted molar refractivity (Wildman–Crippen MR) is 52.1 cm³/mol. The first-order chi connectivity index (χ1) is 5.72. The first kappa shape index (κ1) is 11.5. The largest absolute Gasteiger partial charge is 0.346 e. The van der Waals surface area contributed by atoms with Crippen molar-refractivity contribution < 1.29 is 4.79 Å². The molecule has 2 heteroatoms. The molecule has 0 unspecified atom stereocenters. The number of amides is 1. The van der Waals surface area contributed by atoms with Gasteiger partial charge in [0.1, 0.15) is 0 Å². The van der Waals surface area contributed by atoms with Gasteiger partial charge < -0.3 is 4.90 Å². The van der Waals surface area contributed by atoms with Crippen molar-refractivity contribution in [3.05, 3.63) is 0 Å². The lowest BCUT2D eigenvalue weighted by Gasteiger charge is -2.15. The van der Waals surface area contributed by atoms with Crippen LogP contribution in [0.25, 0.3) is 0 Å². The summed E-state index contributed by atoms with van der Waals surface area (Å²) in [5.41, 5.74) is 0. The third-order valence-corrected chi connectivity index (χ3v) is 2.08. The van der Waals surface area contributed by atoms with Gasteiger partial charge >= 0.3 is 0 Å². The van der Waals surface area contributed by atoms with Crippen molar-refractivity contribution >= 4 is 5.91 Å². The summed E-state index contributed by atoms with van der Waals surface area (Å²) in [6.45, 7) is 5.03. The maximum atomic E-state index is 11.1. The molecule has 72 valence electrons. The predicted octanol–water partition coefficient (Wildman–Crippen LogP) is 2.44. The van der Waals surface area contributed by atoms with E-state index >= 15 is 0 Å². The van der Waals surface area contributed by atoms with E-state index in [1.807, 2.05) is 18.9 Å². The van der Waals surface area contributed by atoms with Gasteiger partial charge in [-0.2, -0.15) is 0 Å². The van der Waals surface area contributed by atoms with E-state index in [2.05, 4.69) is 6.92 Å². The highest BCUT2D eigenvalue weighted by Crippen LogP contribution is 2.00. The number of hydrogen-bond donors (Lipinski definition) is 0. The van der Waals surface area contributed by atoms with Crippen LogP contribution in [0.4, 0.5) is 0 Å². The molecule has 0 radical (unpaired) electrons. The Morgan fingerprint density at radius 1 is 1.17 bits per heavy atom. The van der Waals surface area contributed by atoms with Crippen molar-refractivity contribution in [3.8, 4) is 0 Å². The average molecular weight is 171 g/mol. The van der Waals surface area contributed by atoms with E-state index in [4.69, 9.17) is 0 Å². The highest BCUT2D eigenvalue weighted by atomic mass is 16.2. The van der Waals surface area contributed by atoms with E-state index in [1.54, 1.807) is 0 Å². The lowest BCUT2D eigenvalue weighted by atomic mass is 10.2. The van der Waals surface area contributed by atoms with E-state index in [9.17, 15) is 4.79 Å². The number of carbonyl (C=O) groups excluding carboxylic acids is 1. The smallest absolute Gasteiger partial charge is 0.222 e. The van der Waals surface area contributed by atoms with Crippen LogP contribution >= 0.6 is 0 Å². The minimum absolute atomic E-state index is 0.256. The molecule has 0 saturated carbocycles. The normalized spacial score (nSPS) is 9.92. The summed E-state index contributed by atoms with van der Waals surface area (Å²) in [6, 6.07) is 0. The molecule has 0 atom stereocenters. The number of nitrogens with zero attached hydrogens (tertiary/aromatic N) is 1. The molecule has 0 aromatic carbocycles. The van der Waals surface area contributed by atoms with E-state index in [0.29, 0.717) is 6.42 Å². The van der Waals surface area contributed by atoms with Crippen LogP contribution in [0.1, 0.15) is 46.0 Å². The summed E-state index contributed by atoms with van der Waals surface area (Å²) in [4.78, 5) is 12.9.